The van der Waals surface area contributed by atoms with Crippen LogP contribution in [-0.2, 0) is 14.6 Å². The third-order valence-electron chi connectivity index (χ3n) is 2.48. The van der Waals surface area contributed by atoms with Gasteiger partial charge < -0.3 is 9.47 Å². The van der Waals surface area contributed by atoms with Crippen LogP contribution in [0.15, 0.2) is 29.2 Å². The van der Waals surface area contributed by atoms with Gasteiger partial charge in [-0.3, -0.25) is 0 Å². The first kappa shape index (κ1) is 12.4. The maximum Gasteiger partial charge on any atom is 0.178 e. The lowest BCUT2D eigenvalue weighted by molar-refractivity contribution is 0.262. The predicted molar refractivity (Wildman–Crippen MR) is 64.0 cm³/mol. The summed E-state index contributed by atoms with van der Waals surface area (Å²) >= 11 is 0. The van der Waals surface area contributed by atoms with Crippen LogP contribution in [0.2, 0.25) is 0 Å². The molecule has 0 aliphatic carbocycles. The molecule has 0 saturated carbocycles. The first-order valence-corrected chi connectivity index (χ1v) is 7.34. The Hall–Kier alpha value is -1.07. The number of ether oxygens (including phenoxy) is 2. The quantitative estimate of drug-likeness (QED) is 0.726. The summed E-state index contributed by atoms with van der Waals surface area (Å²) in [6.07, 6.45) is 0.787. The lowest BCUT2D eigenvalue weighted by atomic mass is 10.3. The maximum atomic E-state index is 11.9. The molecule has 0 amide bonds. The number of hydrogen-bond donors (Lipinski definition) is 0. The standard InChI is InChI=1S/C12H16O4S/c1-2-6-17(13,14)12-5-3-4-10(7-12)15-8-11-9-16-11/h3-5,7,11H,2,6,8-9H2,1H3. The average Bonchev–Trinajstić information content (AvgIpc) is 3.10. The van der Waals surface area contributed by atoms with E-state index in [1.165, 1.54) is 0 Å². The highest BCUT2D eigenvalue weighted by Gasteiger charge is 2.23. The molecule has 1 aliphatic heterocycles. The lowest BCUT2D eigenvalue weighted by Crippen LogP contribution is -2.07. The Morgan fingerprint density at radius 3 is 2.88 bits per heavy atom. The van der Waals surface area contributed by atoms with Crippen LogP contribution >= 0.6 is 0 Å². The van der Waals surface area contributed by atoms with Crippen molar-refractivity contribution in [2.45, 2.75) is 24.3 Å². The van der Waals surface area contributed by atoms with E-state index in [1.807, 2.05) is 6.92 Å². The summed E-state index contributed by atoms with van der Waals surface area (Å²) in [6.45, 7) is 3.06. The molecule has 2 rings (SSSR count). The fraction of sp³-hybridized carbons (Fsp3) is 0.500. The summed E-state index contributed by atoms with van der Waals surface area (Å²) in [4.78, 5) is 0.327. The molecule has 17 heavy (non-hydrogen) atoms. The zero-order valence-corrected chi connectivity index (χ0v) is 10.6. The second-order valence-corrected chi connectivity index (χ2v) is 6.17. The van der Waals surface area contributed by atoms with Gasteiger partial charge in [0.2, 0.25) is 0 Å². The topological polar surface area (TPSA) is 55.9 Å². The number of sulfone groups is 1. The van der Waals surface area contributed by atoms with Crippen LogP contribution in [0.3, 0.4) is 0 Å². The molecule has 1 unspecified atom stereocenters. The fourth-order valence-corrected chi connectivity index (χ4v) is 2.85. The van der Waals surface area contributed by atoms with E-state index in [4.69, 9.17) is 9.47 Å². The predicted octanol–water partition coefficient (Wildman–Crippen LogP) is 1.65. The Bertz CT molecular complexity index is 477. The van der Waals surface area contributed by atoms with E-state index >= 15 is 0 Å². The second kappa shape index (κ2) is 5.06. The number of epoxide rings is 1. The second-order valence-electron chi connectivity index (χ2n) is 4.06. The van der Waals surface area contributed by atoms with Crippen molar-refractivity contribution in [3.05, 3.63) is 24.3 Å². The van der Waals surface area contributed by atoms with E-state index in [0.29, 0.717) is 23.7 Å². The first-order valence-electron chi connectivity index (χ1n) is 5.69. The van der Waals surface area contributed by atoms with Crippen molar-refractivity contribution in [1.82, 2.24) is 0 Å². The van der Waals surface area contributed by atoms with Crippen molar-refractivity contribution in [2.75, 3.05) is 19.0 Å². The molecule has 4 nitrogen and oxygen atoms in total. The molecule has 0 bridgehead atoms. The van der Waals surface area contributed by atoms with E-state index in [2.05, 4.69) is 0 Å². The number of hydrogen-bond acceptors (Lipinski definition) is 4. The molecule has 1 aliphatic rings. The molecule has 1 heterocycles. The van der Waals surface area contributed by atoms with Crippen LogP contribution in [0.25, 0.3) is 0 Å². The Balaban J connectivity index is 2.09. The average molecular weight is 256 g/mol. The van der Waals surface area contributed by atoms with Crippen LogP contribution in [0.1, 0.15) is 13.3 Å². The van der Waals surface area contributed by atoms with Crippen LogP contribution < -0.4 is 4.74 Å². The van der Waals surface area contributed by atoms with Crippen LogP contribution in [0, 0.1) is 0 Å². The molecule has 5 heteroatoms. The summed E-state index contributed by atoms with van der Waals surface area (Å²) in [5, 5.41) is 0. The third-order valence-corrected chi connectivity index (χ3v) is 4.39. The monoisotopic (exact) mass is 256 g/mol. The van der Waals surface area contributed by atoms with Crippen LogP contribution in [-0.4, -0.2) is 33.5 Å². The molecule has 1 fully saturated rings. The molecular weight excluding hydrogens is 240 g/mol. The highest BCUT2D eigenvalue weighted by molar-refractivity contribution is 7.91. The molecule has 1 aromatic rings. The zero-order valence-electron chi connectivity index (χ0n) is 9.76. The van der Waals surface area contributed by atoms with Gasteiger partial charge in [-0.25, -0.2) is 8.42 Å². The van der Waals surface area contributed by atoms with Gasteiger partial charge in [0.05, 0.1) is 17.3 Å². The zero-order chi connectivity index (χ0) is 12.3. The van der Waals surface area contributed by atoms with Gasteiger partial charge in [-0.2, -0.15) is 0 Å². The van der Waals surface area contributed by atoms with Gasteiger partial charge in [-0.05, 0) is 24.6 Å². The summed E-state index contributed by atoms with van der Waals surface area (Å²) in [5.41, 5.74) is 0. The number of rotatable bonds is 6. The smallest absolute Gasteiger partial charge is 0.178 e. The minimum atomic E-state index is -3.17. The molecule has 1 atom stereocenters. The highest BCUT2D eigenvalue weighted by Crippen LogP contribution is 2.20. The minimum Gasteiger partial charge on any atom is -0.491 e. The molecule has 0 spiro atoms. The summed E-state index contributed by atoms with van der Waals surface area (Å²) in [5.74, 6) is 0.750. The number of benzene rings is 1. The Morgan fingerprint density at radius 2 is 2.24 bits per heavy atom. The lowest BCUT2D eigenvalue weighted by Gasteiger charge is -2.07. The largest absolute Gasteiger partial charge is 0.491 e. The van der Waals surface area contributed by atoms with Gasteiger partial charge >= 0.3 is 0 Å². The van der Waals surface area contributed by atoms with Crippen molar-refractivity contribution in [1.29, 1.82) is 0 Å². The Morgan fingerprint density at radius 1 is 1.47 bits per heavy atom. The van der Waals surface area contributed by atoms with E-state index in [-0.39, 0.29) is 11.9 Å². The van der Waals surface area contributed by atoms with E-state index in [9.17, 15) is 8.42 Å². The Kier molecular flexibility index (Phi) is 3.69. The minimum absolute atomic E-state index is 0.169. The van der Waals surface area contributed by atoms with Gasteiger partial charge in [-0.15, -0.1) is 0 Å². The van der Waals surface area contributed by atoms with Crippen molar-refractivity contribution < 1.29 is 17.9 Å². The molecule has 1 saturated heterocycles. The molecule has 1 aromatic carbocycles. The van der Waals surface area contributed by atoms with Gasteiger partial charge in [0.1, 0.15) is 18.5 Å². The molecule has 94 valence electrons. The first-order chi connectivity index (χ1) is 8.12. The summed E-state index contributed by atoms with van der Waals surface area (Å²) in [6, 6.07) is 6.64. The van der Waals surface area contributed by atoms with Gasteiger partial charge in [0.25, 0.3) is 0 Å². The molecule has 0 N–H and O–H groups in total. The van der Waals surface area contributed by atoms with Crippen molar-refractivity contribution in [3.63, 3.8) is 0 Å². The maximum absolute atomic E-state index is 11.9. The van der Waals surface area contributed by atoms with Crippen LogP contribution in [0.5, 0.6) is 5.75 Å². The van der Waals surface area contributed by atoms with Gasteiger partial charge in [0.15, 0.2) is 9.84 Å². The summed E-state index contributed by atoms with van der Waals surface area (Å²) in [7, 11) is -3.17. The summed E-state index contributed by atoms with van der Waals surface area (Å²) < 4.78 is 34.2. The van der Waals surface area contributed by atoms with Crippen LogP contribution in [0.4, 0.5) is 0 Å². The fourth-order valence-electron chi connectivity index (χ4n) is 1.50. The van der Waals surface area contributed by atoms with Crippen molar-refractivity contribution >= 4 is 9.84 Å². The molecule has 0 radical (unpaired) electrons. The third kappa shape index (κ3) is 3.44. The van der Waals surface area contributed by atoms with Gasteiger partial charge in [0, 0.05) is 0 Å². The SMILES string of the molecule is CCCS(=O)(=O)c1cccc(OCC2CO2)c1. The highest BCUT2D eigenvalue weighted by atomic mass is 32.2. The normalized spacial score (nSPS) is 19.0. The van der Waals surface area contributed by atoms with Crippen molar-refractivity contribution in [2.24, 2.45) is 0 Å². The Labute approximate surface area is 101 Å². The van der Waals surface area contributed by atoms with E-state index in [0.717, 1.165) is 6.61 Å². The molecule has 0 aromatic heterocycles. The van der Waals surface area contributed by atoms with E-state index in [1.54, 1.807) is 24.3 Å². The van der Waals surface area contributed by atoms with Crippen molar-refractivity contribution in [3.8, 4) is 5.75 Å². The van der Waals surface area contributed by atoms with Gasteiger partial charge in [-0.1, -0.05) is 13.0 Å². The molecular formula is C12H16O4S. The van der Waals surface area contributed by atoms with E-state index < -0.39 is 9.84 Å².